The fourth-order valence-electron chi connectivity index (χ4n) is 2.94. The number of hydrogen-bond acceptors (Lipinski definition) is 2. The Morgan fingerprint density at radius 2 is 1.48 bits per heavy atom. The smallest absolute Gasteiger partial charge is 0.122 e. The first-order chi connectivity index (χ1) is 13.1. The molecule has 0 amide bonds. The van der Waals surface area contributed by atoms with Gasteiger partial charge in [0, 0.05) is 21.2 Å². The van der Waals surface area contributed by atoms with E-state index in [9.17, 15) is 0 Å². The summed E-state index contributed by atoms with van der Waals surface area (Å²) in [5.74, 6) is 0. The summed E-state index contributed by atoms with van der Waals surface area (Å²) >= 11 is 18.6. The van der Waals surface area contributed by atoms with Gasteiger partial charge in [-0.1, -0.05) is 82.5 Å². The summed E-state index contributed by atoms with van der Waals surface area (Å²) in [5, 5.41) is 10.6. The van der Waals surface area contributed by atoms with Gasteiger partial charge in [-0.25, -0.2) is 4.68 Å². The lowest BCUT2D eigenvalue weighted by Gasteiger charge is -2.10. The summed E-state index contributed by atoms with van der Waals surface area (Å²) in [5.41, 5.74) is 4.45. The lowest BCUT2D eigenvalue weighted by molar-refractivity contribution is 0.656. The lowest BCUT2D eigenvalue weighted by Crippen LogP contribution is -2.04. The molecule has 0 aliphatic heterocycles. The maximum absolute atomic E-state index is 6.44. The van der Waals surface area contributed by atoms with Gasteiger partial charge in [-0.2, -0.15) is 0 Å². The molecular formula is C21H14Cl3N3. The minimum absolute atomic E-state index is 0.532. The molecule has 3 aromatic carbocycles. The number of aromatic nitrogens is 3. The molecule has 0 atom stereocenters. The first-order valence-electron chi connectivity index (χ1n) is 8.30. The molecular weight excluding hydrogens is 401 g/mol. The van der Waals surface area contributed by atoms with Gasteiger partial charge >= 0.3 is 0 Å². The SMILES string of the molecule is Clc1ccc(-c2c(-c3ccc(Cl)cc3Cl)nnn2Cc2ccccc2)cc1. The number of nitrogens with zero attached hydrogens (tertiary/aromatic N) is 3. The summed E-state index contributed by atoms with van der Waals surface area (Å²) in [7, 11) is 0. The summed E-state index contributed by atoms with van der Waals surface area (Å²) in [6, 6.07) is 23.1. The molecule has 1 aromatic heterocycles. The molecule has 27 heavy (non-hydrogen) atoms. The third kappa shape index (κ3) is 3.86. The Morgan fingerprint density at radius 1 is 0.778 bits per heavy atom. The Balaban J connectivity index is 1.87. The van der Waals surface area contributed by atoms with E-state index >= 15 is 0 Å². The van der Waals surface area contributed by atoms with Gasteiger partial charge in [-0.3, -0.25) is 0 Å². The number of rotatable bonds is 4. The quantitative estimate of drug-likeness (QED) is 0.375. The molecule has 0 aliphatic carbocycles. The van der Waals surface area contributed by atoms with Crippen molar-refractivity contribution >= 4 is 34.8 Å². The highest BCUT2D eigenvalue weighted by Gasteiger charge is 2.19. The van der Waals surface area contributed by atoms with Crippen LogP contribution < -0.4 is 0 Å². The summed E-state index contributed by atoms with van der Waals surface area (Å²) in [4.78, 5) is 0. The molecule has 1 heterocycles. The van der Waals surface area contributed by atoms with Gasteiger partial charge in [-0.05, 0) is 35.9 Å². The maximum Gasteiger partial charge on any atom is 0.122 e. The van der Waals surface area contributed by atoms with Gasteiger partial charge in [0.25, 0.3) is 0 Å². The van der Waals surface area contributed by atoms with Gasteiger partial charge in [0.05, 0.1) is 17.3 Å². The van der Waals surface area contributed by atoms with Gasteiger partial charge in [0.1, 0.15) is 5.69 Å². The van der Waals surface area contributed by atoms with Gasteiger partial charge < -0.3 is 0 Å². The van der Waals surface area contributed by atoms with Crippen molar-refractivity contribution in [3.8, 4) is 22.5 Å². The number of halogens is 3. The van der Waals surface area contributed by atoms with Crippen molar-refractivity contribution < 1.29 is 0 Å². The van der Waals surface area contributed by atoms with Crippen LogP contribution in [0.25, 0.3) is 22.5 Å². The van der Waals surface area contributed by atoms with E-state index in [1.165, 1.54) is 0 Å². The second-order valence-electron chi connectivity index (χ2n) is 6.06. The fraction of sp³-hybridized carbons (Fsp3) is 0.0476. The molecule has 0 spiro atoms. The van der Waals surface area contributed by atoms with Crippen LogP contribution in [0.3, 0.4) is 0 Å². The second-order valence-corrected chi connectivity index (χ2v) is 7.34. The molecule has 4 aromatic rings. The topological polar surface area (TPSA) is 30.7 Å². The first-order valence-corrected chi connectivity index (χ1v) is 9.44. The second kappa shape index (κ2) is 7.73. The van der Waals surface area contributed by atoms with E-state index in [2.05, 4.69) is 22.4 Å². The zero-order valence-corrected chi connectivity index (χ0v) is 16.4. The summed E-state index contributed by atoms with van der Waals surface area (Å²) in [6.45, 7) is 0.594. The molecule has 0 N–H and O–H groups in total. The zero-order valence-electron chi connectivity index (χ0n) is 14.1. The molecule has 0 unspecified atom stereocenters. The van der Waals surface area contributed by atoms with Crippen LogP contribution in [0.1, 0.15) is 5.56 Å². The van der Waals surface area contributed by atoms with E-state index < -0.39 is 0 Å². The molecule has 6 heteroatoms. The van der Waals surface area contributed by atoms with Crippen molar-refractivity contribution in [2.45, 2.75) is 6.54 Å². The average molecular weight is 415 g/mol. The van der Waals surface area contributed by atoms with Gasteiger partial charge in [0.15, 0.2) is 0 Å². The third-order valence-corrected chi connectivity index (χ3v) is 5.01. The van der Waals surface area contributed by atoms with E-state index in [0.717, 1.165) is 22.4 Å². The fourth-order valence-corrected chi connectivity index (χ4v) is 3.56. The van der Waals surface area contributed by atoms with E-state index in [-0.39, 0.29) is 0 Å². The van der Waals surface area contributed by atoms with Crippen molar-refractivity contribution in [2.24, 2.45) is 0 Å². The molecule has 0 aliphatic rings. The van der Waals surface area contributed by atoms with Crippen molar-refractivity contribution in [1.82, 2.24) is 15.0 Å². The Bertz CT molecular complexity index is 1070. The molecule has 0 radical (unpaired) electrons. The highest BCUT2D eigenvalue weighted by atomic mass is 35.5. The van der Waals surface area contributed by atoms with Crippen molar-refractivity contribution in [3.63, 3.8) is 0 Å². The third-order valence-electron chi connectivity index (χ3n) is 4.21. The van der Waals surface area contributed by atoms with Crippen LogP contribution in [0.4, 0.5) is 0 Å². The molecule has 0 saturated heterocycles. The maximum atomic E-state index is 6.44. The Morgan fingerprint density at radius 3 is 2.19 bits per heavy atom. The van der Waals surface area contributed by atoms with Gasteiger partial charge in [0.2, 0.25) is 0 Å². The van der Waals surface area contributed by atoms with E-state index in [0.29, 0.717) is 27.3 Å². The Hall–Kier alpha value is -2.33. The highest BCUT2D eigenvalue weighted by molar-refractivity contribution is 6.36. The molecule has 134 valence electrons. The van der Waals surface area contributed by atoms with Crippen LogP contribution in [0.15, 0.2) is 72.8 Å². The van der Waals surface area contributed by atoms with Crippen LogP contribution in [0, 0.1) is 0 Å². The zero-order chi connectivity index (χ0) is 18.8. The Labute approximate surface area is 172 Å². The van der Waals surface area contributed by atoms with Crippen LogP contribution in [-0.2, 0) is 6.54 Å². The van der Waals surface area contributed by atoms with Crippen molar-refractivity contribution in [2.75, 3.05) is 0 Å². The van der Waals surface area contributed by atoms with Crippen LogP contribution in [-0.4, -0.2) is 15.0 Å². The van der Waals surface area contributed by atoms with Gasteiger partial charge in [-0.15, -0.1) is 5.10 Å². The normalized spacial score (nSPS) is 10.9. The lowest BCUT2D eigenvalue weighted by atomic mass is 10.0. The van der Waals surface area contributed by atoms with Crippen LogP contribution >= 0.6 is 34.8 Å². The minimum Gasteiger partial charge on any atom is -0.240 e. The molecule has 0 fully saturated rings. The average Bonchev–Trinajstić information content (AvgIpc) is 3.06. The molecule has 3 nitrogen and oxygen atoms in total. The summed E-state index contributed by atoms with van der Waals surface area (Å²) in [6.07, 6.45) is 0. The van der Waals surface area contributed by atoms with Crippen LogP contribution in [0.5, 0.6) is 0 Å². The predicted octanol–water partition coefficient (Wildman–Crippen LogP) is 6.62. The Kier molecular flexibility index (Phi) is 5.17. The number of benzene rings is 3. The standard InChI is InChI=1S/C21H14Cl3N3/c22-16-8-6-15(7-9-16)21-20(18-11-10-17(23)12-19(18)24)25-26-27(21)13-14-4-2-1-3-5-14/h1-12H,13H2. The largest absolute Gasteiger partial charge is 0.240 e. The van der Waals surface area contributed by atoms with E-state index in [1.54, 1.807) is 12.1 Å². The van der Waals surface area contributed by atoms with E-state index in [1.807, 2.05) is 53.2 Å². The van der Waals surface area contributed by atoms with Crippen LogP contribution in [0.2, 0.25) is 15.1 Å². The van der Waals surface area contributed by atoms with Crippen molar-refractivity contribution in [1.29, 1.82) is 0 Å². The first kappa shape index (κ1) is 18.1. The monoisotopic (exact) mass is 413 g/mol. The molecule has 4 rings (SSSR count). The highest BCUT2D eigenvalue weighted by Crippen LogP contribution is 2.36. The molecule has 0 bridgehead atoms. The minimum atomic E-state index is 0.532. The van der Waals surface area contributed by atoms with E-state index in [4.69, 9.17) is 34.8 Å². The number of hydrogen-bond donors (Lipinski definition) is 0. The summed E-state index contributed by atoms with van der Waals surface area (Å²) < 4.78 is 1.87. The van der Waals surface area contributed by atoms with Crippen molar-refractivity contribution in [3.05, 3.63) is 93.4 Å². The molecule has 0 saturated carbocycles. The predicted molar refractivity (Wildman–Crippen MR) is 111 cm³/mol.